The van der Waals surface area contributed by atoms with E-state index >= 15 is 0 Å². The zero-order valence-electron chi connectivity index (χ0n) is 12.0. The molecule has 1 aromatic heterocycles. The molecule has 0 saturated carbocycles. The number of nitrogens with two attached hydrogens (primary N) is 1. The normalized spacial score (nSPS) is 17.7. The Balaban J connectivity index is 2.03. The minimum absolute atomic E-state index is 0.144. The number of aromatic nitrogens is 1. The number of hydrogen-bond acceptors (Lipinski definition) is 6. The quantitative estimate of drug-likeness (QED) is 0.772. The van der Waals surface area contributed by atoms with Crippen molar-refractivity contribution in [3.8, 4) is 0 Å². The molecule has 1 aliphatic heterocycles. The van der Waals surface area contributed by atoms with Crippen LogP contribution in [0.25, 0.3) is 0 Å². The van der Waals surface area contributed by atoms with Crippen LogP contribution in [0.5, 0.6) is 0 Å². The lowest BCUT2D eigenvalue weighted by Gasteiger charge is -2.34. The van der Waals surface area contributed by atoms with E-state index in [-0.39, 0.29) is 11.4 Å². The van der Waals surface area contributed by atoms with Crippen LogP contribution >= 0.6 is 11.3 Å². The van der Waals surface area contributed by atoms with Gasteiger partial charge in [0, 0.05) is 25.3 Å². The highest BCUT2D eigenvalue weighted by molar-refractivity contribution is 7.18. The van der Waals surface area contributed by atoms with E-state index in [4.69, 9.17) is 10.5 Å². The Morgan fingerprint density at radius 3 is 2.85 bits per heavy atom. The molecule has 0 radical (unpaired) electrons. The summed E-state index contributed by atoms with van der Waals surface area (Å²) in [4.78, 5) is 17.0. The molecule has 1 saturated heterocycles. The van der Waals surface area contributed by atoms with Gasteiger partial charge in [0.15, 0.2) is 5.13 Å². The first-order valence-corrected chi connectivity index (χ1v) is 7.76. The van der Waals surface area contributed by atoms with Gasteiger partial charge in [-0.15, -0.1) is 0 Å². The van der Waals surface area contributed by atoms with Crippen LogP contribution in [0.2, 0.25) is 0 Å². The van der Waals surface area contributed by atoms with E-state index in [1.165, 1.54) is 11.3 Å². The molecular weight excluding hydrogens is 276 g/mol. The van der Waals surface area contributed by atoms with Gasteiger partial charge in [0.1, 0.15) is 10.7 Å². The summed E-state index contributed by atoms with van der Waals surface area (Å²) >= 11 is 1.30. The van der Waals surface area contributed by atoms with E-state index in [1.807, 2.05) is 6.92 Å². The first-order chi connectivity index (χ1) is 9.54. The molecule has 0 aliphatic carbocycles. The van der Waals surface area contributed by atoms with Crippen LogP contribution in [0.15, 0.2) is 0 Å². The van der Waals surface area contributed by atoms with Gasteiger partial charge in [-0.2, -0.15) is 0 Å². The number of hydrogen-bond donors (Lipinski definition) is 3. The minimum Gasteiger partial charge on any atom is -0.382 e. The Bertz CT molecular complexity index is 469. The fraction of sp³-hybridized carbons (Fsp3) is 0.692. The van der Waals surface area contributed by atoms with Crippen LogP contribution in [-0.4, -0.2) is 36.2 Å². The molecule has 0 spiro atoms. The zero-order chi connectivity index (χ0) is 14.6. The molecule has 1 amide bonds. The zero-order valence-corrected chi connectivity index (χ0v) is 12.8. The van der Waals surface area contributed by atoms with Crippen molar-refractivity contribution in [2.75, 3.05) is 30.8 Å². The summed E-state index contributed by atoms with van der Waals surface area (Å²) in [5.74, 6) is 0.149. The van der Waals surface area contributed by atoms with Crippen molar-refractivity contribution < 1.29 is 9.53 Å². The average molecular weight is 298 g/mol. The topological polar surface area (TPSA) is 89.3 Å². The van der Waals surface area contributed by atoms with E-state index < -0.39 is 0 Å². The molecule has 112 valence electrons. The average Bonchev–Trinajstić information content (AvgIpc) is 2.78. The van der Waals surface area contributed by atoms with E-state index in [0.29, 0.717) is 29.0 Å². The third kappa shape index (κ3) is 3.61. The number of nitrogens with zero attached hydrogens (tertiary/aromatic N) is 1. The van der Waals surface area contributed by atoms with Crippen LogP contribution in [0.3, 0.4) is 0 Å². The Kier molecular flexibility index (Phi) is 4.82. The Morgan fingerprint density at radius 1 is 1.50 bits per heavy atom. The van der Waals surface area contributed by atoms with Crippen molar-refractivity contribution in [1.82, 2.24) is 10.3 Å². The van der Waals surface area contributed by atoms with Gasteiger partial charge in [0.25, 0.3) is 5.91 Å². The lowest BCUT2D eigenvalue weighted by molar-refractivity contribution is 0.0424. The van der Waals surface area contributed by atoms with E-state index in [1.54, 1.807) is 0 Å². The summed E-state index contributed by atoms with van der Waals surface area (Å²) in [6.45, 7) is 6.30. The smallest absolute Gasteiger partial charge is 0.265 e. The Hall–Kier alpha value is -1.34. The van der Waals surface area contributed by atoms with Crippen molar-refractivity contribution in [3.05, 3.63) is 4.88 Å². The molecule has 0 bridgehead atoms. The largest absolute Gasteiger partial charge is 0.382 e. The van der Waals surface area contributed by atoms with Crippen molar-refractivity contribution in [2.45, 2.75) is 38.6 Å². The maximum Gasteiger partial charge on any atom is 0.265 e. The fourth-order valence-electron chi connectivity index (χ4n) is 2.08. The SMILES string of the molecule is CCCNc1nc(N)c(C(=O)NC2(C)CCOCC2)s1. The van der Waals surface area contributed by atoms with Crippen molar-refractivity contribution in [1.29, 1.82) is 0 Å². The van der Waals surface area contributed by atoms with Crippen LogP contribution in [0.1, 0.15) is 42.8 Å². The van der Waals surface area contributed by atoms with Crippen LogP contribution in [-0.2, 0) is 4.74 Å². The molecule has 20 heavy (non-hydrogen) atoms. The molecule has 2 rings (SSSR count). The van der Waals surface area contributed by atoms with Gasteiger partial charge >= 0.3 is 0 Å². The number of ether oxygens (including phenoxy) is 1. The molecule has 2 heterocycles. The second-order valence-corrected chi connectivity index (χ2v) is 6.29. The maximum atomic E-state index is 12.3. The number of nitrogens with one attached hydrogen (secondary N) is 2. The maximum absolute atomic E-state index is 12.3. The van der Waals surface area contributed by atoms with Gasteiger partial charge in [-0.05, 0) is 26.2 Å². The highest BCUT2D eigenvalue weighted by atomic mass is 32.1. The highest BCUT2D eigenvalue weighted by Gasteiger charge is 2.30. The molecule has 1 fully saturated rings. The predicted molar refractivity (Wildman–Crippen MR) is 81.2 cm³/mol. The summed E-state index contributed by atoms with van der Waals surface area (Å²) in [6, 6.07) is 0. The van der Waals surface area contributed by atoms with Crippen molar-refractivity contribution in [3.63, 3.8) is 0 Å². The Labute approximate surface area is 123 Å². The summed E-state index contributed by atoms with van der Waals surface area (Å²) in [5, 5.41) is 6.92. The lowest BCUT2D eigenvalue weighted by atomic mass is 9.92. The molecular formula is C13H22N4O2S. The predicted octanol–water partition coefficient (Wildman–Crippen LogP) is 1.85. The first-order valence-electron chi connectivity index (χ1n) is 6.94. The highest BCUT2D eigenvalue weighted by Crippen LogP contribution is 2.27. The number of nitrogen functional groups attached to an aromatic ring is 1. The summed E-state index contributed by atoms with van der Waals surface area (Å²) in [6.07, 6.45) is 2.63. The number of amides is 1. The monoisotopic (exact) mass is 298 g/mol. The standard InChI is InChI=1S/C13H22N4O2S/c1-3-6-15-12-16-10(14)9(20-12)11(18)17-13(2)4-7-19-8-5-13/h3-8,14H2,1-2H3,(H,15,16)(H,17,18). The van der Waals surface area contributed by atoms with Gasteiger partial charge in [-0.3, -0.25) is 4.79 Å². The fourth-order valence-corrected chi connectivity index (χ4v) is 2.89. The van der Waals surface area contributed by atoms with Crippen molar-refractivity contribution in [2.24, 2.45) is 0 Å². The summed E-state index contributed by atoms with van der Waals surface area (Å²) in [5.41, 5.74) is 5.62. The second kappa shape index (κ2) is 6.41. The number of carbonyl (C=O) groups is 1. The number of anilines is 2. The number of rotatable bonds is 5. The molecule has 1 aromatic rings. The van der Waals surface area contributed by atoms with Gasteiger partial charge in [0.05, 0.1) is 0 Å². The third-order valence-electron chi connectivity index (χ3n) is 3.40. The Morgan fingerprint density at radius 2 is 2.20 bits per heavy atom. The first kappa shape index (κ1) is 15.1. The summed E-state index contributed by atoms with van der Waals surface area (Å²) in [7, 11) is 0. The summed E-state index contributed by atoms with van der Waals surface area (Å²) < 4.78 is 5.33. The van der Waals surface area contributed by atoms with Crippen LogP contribution in [0, 0.1) is 0 Å². The molecule has 0 aromatic carbocycles. The van der Waals surface area contributed by atoms with Crippen LogP contribution in [0.4, 0.5) is 10.9 Å². The molecule has 1 aliphatic rings. The number of carbonyl (C=O) groups excluding carboxylic acids is 1. The van der Waals surface area contributed by atoms with E-state index in [9.17, 15) is 4.79 Å². The minimum atomic E-state index is -0.219. The molecule has 0 atom stereocenters. The third-order valence-corrected chi connectivity index (χ3v) is 4.43. The molecule has 6 nitrogen and oxygen atoms in total. The lowest BCUT2D eigenvalue weighted by Crippen LogP contribution is -2.49. The molecule has 0 unspecified atom stereocenters. The van der Waals surface area contributed by atoms with E-state index in [2.05, 4.69) is 22.5 Å². The molecule has 4 N–H and O–H groups in total. The van der Waals surface area contributed by atoms with Gasteiger partial charge in [0.2, 0.25) is 0 Å². The van der Waals surface area contributed by atoms with Gasteiger partial charge in [-0.25, -0.2) is 4.98 Å². The van der Waals surface area contributed by atoms with Gasteiger partial charge in [-0.1, -0.05) is 18.3 Å². The molecule has 7 heteroatoms. The van der Waals surface area contributed by atoms with Gasteiger partial charge < -0.3 is 21.1 Å². The van der Waals surface area contributed by atoms with Crippen molar-refractivity contribution >= 4 is 28.2 Å². The number of thiazole rings is 1. The van der Waals surface area contributed by atoms with Crippen LogP contribution < -0.4 is 16.4 Å². The van der Waals surface area contributed by atoms with E-state index in [0.717, 1.165) is 25.8 Å². The second-order valence-electron chi connectivity index (χ2n) is 5.29.